The third-order valence-corrected chi connectivity index (χ3v) is 5.17. The van der Waals surface area contributed by atoms with Gasteiger partial charge in [-0.1, -0.05) is 30.7 Å². The minimum absolute atomic E-state index is 0.109. The van der Waals surface area contributed by atoms with Gasteiger partial charge in [-0.25, -0.2) is 0 Å². The summed E-state index contributed by atoms with van der Waals surface area (Å²) < 4.78 is 11.5. The topological polar surface area (TPSA) is 41.9 Å². The maximum atomic E-state index is 9.15. The average Bonchev–Trinajstić information content (AvgIpc) is 3.04. The van der Waals surface area contributed by atoms with Gasteiger partial charge in [0, 0.05) is 32.2 Å². The van der Waals surface area contributed by atoms with Gasteiger partial charge in [-0.3, -0.25) is 4.90 Å². The molecule has 1 aromatic carbocycles. The Labute approximate surface area is 133 Å². The van der Waals surface area contributed by atoms with Crippen molar-refractivity contribution in [3.05, 3.63) is 35.4 Å². The van der Waals surface area contributed by atoms with E-state index in [1.807, 2.05) is 19.2 Å². The number of benzene rings is 1. The SMILES string of the molecule is CO[C@@H]1CCC[C@H]1[C@H]1COCCN1Cc1ccc(CO)cc1. The Hall–Kier alpha value is -0.940. The van der Waals surface area contributed by atoms with Crippen molar-refractivity contribution in [3.8, 4) is 0 Å². The third kappa shape index (κ3) is 3.51. The van der Waals surface area contributed by atoms with Gasteiger partial charge in [-0.2, -0.15) is 0 Å². The Morgan fingerprint density at radius 1 is 1.23 bits per heavy atom. The molecule has 1 N–H and O–H groups in total. The quantitative estimate of drug-likeness (QED) is 0.905. The first kappa shape index (κ1) is 15.9. The van der Waals surface area contributed by atoms with Crippen LogP contribution in [0.4, 0.5) is 0 Å². The normalized spacial score (nSPS) is 29.8. The van der Waals surface area contributed by atoms with E-state index < -0.39 is 0 Å². The van der Waals surface area contributed by atoms with Crippen LogP contribution in [0.5, 0.6) is 0 Å². The summed E-state index contributed by atoms with van der Waals surface area (Å²) in [6.07, 6.45) is 4.06. The summed E-state index contributed by atoms with van der Waals surface area (Å²) in [5.74, 6) is 0.585. The van der Waals surface area contributed by atoms with Gasteiger partial charge in [0.05, 0.1) is 25.9 Å². The summed E-state index contributed by atoms with van der Waals surface area (Å²) in [7, 11) is 1.84. The highest BCUT2D eigenvalue weighted by molar-refractivity contribution is 5.22. The van der Waals surface area contributed by atoms with Crippen molar-refractivity contribution < 1.29 is 14.6 Å². The van der Waals surface area contributed by atoms with Crippen LogP contribution in [0.15, 0.2) is 24.3 Å². The van der Waals surface area contributed by atoms with Crippen LogP contribution in [0, 0.1) is 5.92 Å². The van der Waals surface area contributed by atoms with Crippen LogP contribution in [-0.4, -0.2) is 49.0 Å². The van der Waals surface area contributed by atoms with E-state index in [0.29, 0.717) is 18.1 Å². The van der Waals surface area contributed by atoms with Crippen LogP contribution < -0.4 is 0 Å². The second-order valence-corrected chi connectivity index (χ2v) is 6.46. The number of methoxy groups -OCH3 is 1. The average molecular weight is 305 g/mol. The lowest BCUT2D eigenvalue weighted by molar-refractivity contribution is -0.0608. The number of hydrogen-bond acceptors (Lipinski definition) is 4. The first-order chi connectivity index (χ1) is 10.8. The zero-order chi connectivity index (χ0) is 15.4. The minimum atomic E-state index is 0.109. The Morgan fingerprint density at radius 3 is 2.73 bits per heavy atom. The Kier molecular flexibility index (Phi) is 5.47. The van der Waals surface area contributed by atoms with Crippen LogP contribution in [0.3, 0.4) is 0 Å². The van der Waals surface area contributed by atoms with Crippen molar-refractivity contribution in [2.24, 2.45) is 5.92 Å². The lowest BCUT2D eigenvalue weighted by Gasteiger charge is -2.40. The molecular formula is C18H27NO3. The molecule has 22 heavy (non-hydrogen) atoms. The molecule has 4 nitrogen and oxygen atoms in total. The molecule has 2 fully saturated rings. The maximum absolute atomic E-state index is 9.15. The van der Waals surface area contributed by atoms with E-state index in [1.165, 1.54) is 24.8 Å². The van der Waals surface area contributed by atoms with Crippen molar-refractivity contribution in [3.63, 3.8) is 0 Å². The van der Waals surface area contributed by atoms with Crippen molar-refractivity contribution in [1.29, 1.82) is 0 Å². The second-order valence-electron chi connectivity index (χ2n) is 6.46. The highest BCUT2D eigenvalue weighted by atomic mass is 16.5. The fraction of sp³-hybridized carbons (Fsp3) is 0.667. The second kappa shape index (κ2) is 7.55. The number of aliphatic hydroxyl groups is 1. The van der Waals surface area contributed by atoms with Crippen molar-refractivity contribution in [2.45, 2.75) is 44.6 Å². The minimum Gasteiger partial charge on any atom is -0.392 e. The number of rotatable bonds is 5. The van der Waals surface area contributed by atoms with Crippen molar-refractivity contribution >= 4 is 0 Å². The van der Waals surface area contributed by atoms with E-state index in [4.69, 9.17) is 14.6 Å². The van der Waals surface area contributed by atoms with E-state index in [1.54, 1.807) is 0 Å². The summed E-state index contributed by atoms with van der Waals surface area (Å²) in [5.41, 5.74) is 2.27. The number of ether oxygens (including phenoxy) is 2. The summed E-state index contributed by atoms with van der Waals surface area (Å²) in [6, 6.07) is 8.73. The molecule has 1 saturated carbocycles. The van der Waals surface area contributed by atoms with E-state index >= 15 is 0 Å². The summed E-state index contributed by atoms with van der Waals surface area (Å²) in [4.78, 5) is 2.56. The van der Waals surface area contributed by atoms with Crippen molar-refractivity contribution in [1.82, 2.24) is 4.90 Å². The van der Waals surface area contributed by atoms with Crippen LogP contribution in [0.1, 0.15) is 30.4 Å². The largest absolute Gasteiger partial charge is 0.392 e. The van der Waals surface area contributed by atoms with Gasteiger partial charge in [0.2, 0.25) is 0 Å². The zero-order valence-electron chi connectivity index (χ0n) is 13.4. The molecule has 0 amide bonds. The summed E-state index contributed by atoms with van der Waals surface area (Å²) in [6.45, 7) is 3.68. The fourth-order valence-corrected chi connectivity index (χ4v) is 3.92. The van der Waals surface area contributed by atoms with Gasteiger partial charge in [0.25, 0.3) is 0 Å². The molecule has 3 atom stereocenters. The number of nitrogens with zero attached hydrogens (tertiary/aromatic N) is 1. The molecule has 1 aliphatic heterocycles. The standard InChI is InChI=1S/C18H27NO3/c1-21-18-4-2-3-16(18)17-13-22-10-9-19(17)11-14-5-7-15(12-20)8-6-14/h5-8,16-18,20H,2-4,9-13H2,1H3/t16-,17+,18+/m0/s1. The molecule has 0 unspecified atom stereocenters. The molecule has 0 bridgehead atoms. The maximum Gasteiger partial charge on any atom is 0.0681 e. The lowest BCUT2D eigenvalue weighted by Crippen LogP contribution is -2.50. The van der Waals surface area contributed by atoms with E-state index in [2.05, 4.69) is 17.0 Å². The van der Waals surface area contributed by atoms with Gasteiger partial charge in [-0.15, -0.1) is 0 Å². The van der Waals surface area contributed by atoms with Gasteiger partial charge in [0.15, 0.2) is 0 Å². The highest BCUT2D eigenvalue weighted by Gasteiger charge is 2.38. The van der Waals surface area contributed by atoms with Crippen LogP contribution in [0.25, 0.3) is 0 Å². The molecule has 0 radical (unpaired) electrons. The first-order valence-electron chi connectivity index (χ1n) is 8.35. The summed E-state index contributed by atoms with van der Waals surface area (Å²) >= 11 is 0. The Bertz CT molecular complexity index is 462. The van der Waals surface area contributed by atoms with Crippen LogP contribution in [-0.2, 0) is 22.6 Å². The molecule has 1 saturated heterocycles. The van der Waals surface area contributed by atoms with Gasteiger partial charge >= 0.3 is 0 Å². The van der Waals surface area contributed by atoms with Crippen LogP contribution >= 0.6 is 0 Å². The smallest absolute Gasteiger partial charge is 0.0681 e. The fourth-order valence-electron chi connectivity index (χ4n) is 3.92. The van der Waals surface area contributed by atoms with Gasteiger partial charge < -0.3 is 14.6 Å². The molecule has 122 valence electrons. The monoisotopic (exact) mass is 305 g/mol. The van der Waals surface area contributed by atoms with E-state index in [9.17, 15) is 0 Å². The Morgan fingerprint density at radius 2 is 2.00 bits per heavy atom. The van der Waals surface area contributed by atoms with E-state index in [0.717, 1.165) is 31.9 Å². The van der Waals surface area contributed by atoms with Gasteiger partial charge in [0.1, 0.15) is 0 Å². The molecule has 0 aromatic heterocycles. The molecule has 1 aliphatic carbocycles. The predicted molar refractivity (Wildman–Crippen MR) is 85.5 cm³/mol. The molecular weight excluding hydrogens is 278 g/mol. The molecule has 3 rings (SSSR count). The van der Waals surface area contributed by atoms with Gasteiger partial charge in [-0.05, 0) is 24.0 Å². The van der Waals surface area contributed by atoms with Crippen LogP contribution in [0.2, 0.25) is 0 Å². The first-order valence-corrected chi connectivity index (χ1v) is 8.35. The Balaban J connectivity index is 1.69. The predicted octanol–water partition coefficient (Wildman–Crippen LogP) is 2.19. The third-order valence-electron chi connectivity index (χ3n) is 5.17. The molecule has 2 aliphatic rings. The molecule has 4 heteroatoms. The zero-order valence-corrected chi connectivity index (χ0v) is 13.4. The number of hydrogen-bond donors (Lipinski definition) is 1. The highest BCUT2D eigenvalue weighted by Crippen LogP contribution is 2.34. The number of aliphatic hydroxyl groups excluding tert-OH is 1. The molecule has 0 spiro atoms. The van der Waals surface area contributed by atoms with Crippen molar-refractivity contribution in [2.75, 3.05) is 26.9 Å². The van der Waals surface area contributed by atoms with E-state index in [-0.39, 0.29) is 6.61 Å². The molecule has 1 heterocycles. The number of morpholine rings is 1. The lowest BCUT2D eigenvalue weighted by atomic mass is 9.93. The molecule has 1 aromatic rings. The summed E-state index contributed by atoms with van der Waals surface area (Å²) in [5, 5.41) is 9.15.